The SMILES string of the molecule is COCCCc1ccc(N2CCN(S(=O)(=O)C3CC(C(=O)NO)CN(CCOC)C3)CC2)cc1. The summed E-state index contributed by atoms with van der Waals surface area (Å²) in [4.78, 5) is 16.2. The third-order valence-corrected chi connectivity index (χ3v) is 8.98. The Bertz CT molecular complexity index is 874. The Hall–Kier alpha value is -1.76. The maximum atomic E-state index is 13.5. The molecule has 0 bridgehead atoms. The average molecular weight is 499 g/mol. The molecular formula is C23H38N4O6S. The summed E-state index contributed by atoms with van der Waals surface area (Å²) in [6.45, 7) is 4.52. The van der Waals surface area contributed by atoms with Crippen LogP contribution in [0.25, 0.3) is 0 Å². The van der Waals surface area contributed by atoms with Gasteiger partial charge in [-0.2, -0.15) is 4.31 Å². The second-order valence-electron chi connectivity index (χ2n) is 8.98. The first-order chi connectivity index (χ1) is 16.4. The Kier molecular flexibility index (Phi) is 10.1. The second-order valence-corrected chi connectivity index (χ2v) is 11.2. The number of aryl methyl sites for hydroxylation is 1. The maximum Gasteiger partial charge on any atom is 0.247 e. The number of carbonyl (C=O) groups excluding carboxylic acids is 1. The van der Waals surface area contributed by atoms with Gasteiger partial charge in [-0.15, -0.1) is 0 Å². The van der Waals surface area contributed by atoms with E-state index in [4.69, 9.17) is 14.7 Å². The summed E-state index contributed by atoms with van der Waals surface area (Å²) in [7, 11) is -0.297. The molecule has 0 radical (unpaired) electrons. The molecule has 0 aliphatic carbocycles. The Morgan fingerprint density at radius 1 is 1.06 bits per heavy atom. The van der Waals surface area contributed by atoms with Crippen molar-refractivity contribution in [3.63, 3.8) is 0 Å². The zero-order chi connectivity index (χ0) is 24.6. The molecule has 2 unspecified atom stereocenters. The van der Waals surface area contributed by atoms with Gasteiger partial charge in [0.05, 0.1) is 17.8 Å². The number of benzene rings is 1. The number of amides is 1. The molecule has 2 aliphatic rings. The number of nitrogens with one attached hydrogen (secondary N) is 1. The summed E-state index contributed by atoms with van der Waals surface area (Å²) in [6, 6.07) is 8.44. The van der Waals surface area contributed by atoms with Gasteiger partial charge in [-0.05, 0) is 37.0 Å². The molecule has 1 aromatic rings. The van der Waals surface area contributed by atoms with Crippen LogP contribution in [0.5, 0.6) is 0 Å². The van der Waals surface area contributed by atoms with Crippen LogP contribution >= 0.6 is 0 Å². The quantitative estimate of drug-likeness (QED) is 0.259. The van der Waals surface area contributed by atoms with Gasteiger partial charge in [-0.3, -0.25) is 14.9 Å². The highest BCUT2D eigenvalue weighted by molar-refractivity contribution is 7.89. The zero-order valence-electron chi connectivity index (χ0n) is 20.2. The molecule has 0 aromatic heterocycles. The molecule has 1 aromatic carbocycles. The van der Waals surface area contributed by atoms with Crippen molar-refractivity contribution in [2.75, 3.05) is 78.1 Å². The number of nitrogens with zero attached hydrogens (tertiary/aromatic N) is 3. The molecule has 2 N–H and O–H groups in total. The van der Waals surface area contributed by atoms with Gasteiger partial charge in [0.25, 0.3) is 0 Å². The van der Waals surface area contributed by atoms with Gasteiger partial charge in [0.15, 0.2) is 0 Å². The van der Waals surface area contributed by atoms with E-state index in [2.05, 4.69) is 29.2 Å². The maximum absolute atomic E-state index is 13.5. The van der Waals surface area contributed by atoms with Crippen LogP contribution in [0.1, 0.15) is 18.4 Å². The number of ether oxygens (including phenoxy) is 2. The highest BCUT2D eigenvalue weighted by Gasteiger charge is 2.41. The molecular weight excluding hydrogens is 460 g/mol. The summed E-state index contributed by atoms with van der Waals surface area (Å²) in [5.41, 5.74) is 4.04. The van der Waals surface area contributed by atoms with Gasteiger partial charge in [0.1, 0.15) is 0 Å². The lowest BCUT2D eigenvalue weighted by Crippen LogP contribution is -2.56. The molecule has 2 fully saturated rings. The highest BCUT2D eigenvalue weighted by Crippen LogP contribution is 2.26. The minimum absolute atomic E-state index is 0.197. The van der Waals surface area contributed by atoms with Crippen LogP contribution in [0.2, 0.25) is 0 Å². The van der Waals surface area contributed by atoms with Gasteiger partial charge < -0.3 is 14.4 Å². The van der Waals surface area contributed by atoms with Crippen LogP contribution in [-0.4, -0.2) is 107 Å². The molecule has 11 heteroatoms. The van der Waals surface area contributed by atoms with Crippen molar-refractivity contribution < 1.29 is 27.9 Å². The van der Waals surface area contributed by atoms with Crippen LogP contribution < -0.4 is 10.4 Å². The molecule has 3 rings (SSSR count). The lowest BCUT2D eigenvalue weighted by Gasteiger charge is -2.41. The number of sulfonamides is 1. The summed E-state index contributed by atoms with van der Waals surface area (Å²) in [6.07, 6.45) is 2.15. The topological polar surface area (TPSA) is 112 Å². The predicted octanol–water partition coefficient (Wildman–Crippen LogP) is 0.560. The third kappa shape index (κ3) is 6.89. The summed E-state index contributed by atoms with van der Waals surface area (Å²) >= 11 is 0. The van der Waals surface area contributed by atoms with Gasteiger partial charge in [0.2, 0.25) is 15.9 Å². The smallest absolute Gasteiger partial charge is 0.247 e. The summed E-state index contributed by atoms with van der Waals surface area (Å²) in [5.74, 6) is -1.13. The predicted molar refractivity (Wildman–Crippen MR) is 129 cm³/mol. The van der Waals surface area contributed by atoms with Gasteiger partial charge in [-0.25, -0.2) is 13.9 Å². The number of hydrogen-bond acceptors (Lipinski definition) is 8. The van der Waals surface area contributed by atoms with Crippen molar-refractivity contribution in [1.82, 2.24) is 14.7 Å². The number of hydrogen-bond donors (Lipinski definition) is 2. The number of likely N-dealkylation sites (tertiary alicyclic amines) is 1. The van der Waals surface area contributed by atoms with E-state index < -0.39 is 27.1 Å². The van der Waals surface area contributed by atoms with Crippen LogP contribution in [0.4, 0.5) is 5.69 Å². The van der Waals surface area contributed by atoms with Crippen molar-refractivity contribution in [1.29, 1.82) is 0 Å². The lowest BCUT2D eigenvalue weighted by molar-refractivity contribution is -0.135. The lowest BCUT2D eigenvalue weighted by atomic mass is 9.97. The zero-order valence-corrected chi connectivity index (χ0v) is 21.0. The Labute approximate surface area is 202 Å². The largest absolute Gasteiger partial charge is 0.385 e. The Balaban J connectivity index is 1.60. The van der Waals surface area contributed by atoms with Gasteiger partial charge >= 0.3 is 0 Å². The van der Waals surface area contributed by atoms with E-state index in [1.807, 2.05) is 4.90 Å². The van der Waals surface area contributed by atoms with Crippen LogP contribution in [0, 0.1) is 5.92 Å². The molecule has 0 saturated carbocycles. The first-order valence-corrected chi connectivity index (χ1v) is 13.4. The molecule has 2 heterocycles. The van der Waals surface area contributed by atoms with E-state index in [9.17, 15) is 13.2 Å². The normalized spacial score (nSPS) is 22.6. The molecule has 192 valence electrons. The molecule has 0 spiro atoms. The molecule has 2 saturated heterocycles. The highest BCUT2D eigenvalue weighted by atomic mass is 32.2. The minimum Gasteiger partial charge on any atom is -0.385 e. The fourth-order valence-electron chi connectivity index (χ4n) is 4.75. The van der Waals surface area contributed by atoms with Crippen molar-refractivity contribution in [3.05, 3.63) is 29.8 Å². The van der Waals surface area contributed by atoms with Crippen molar-refractivity contribution in [3.8, 4) is 0 Å². The van der Waals surface area contributed by atoms with Crippen molar-refractivity contribution in [2.45, 2.75) is 24.5 Å². The number of carbonyl (C=O) groups is 1. The molecule has 1 amide bonds. The van der Waals surface area contributed by atoms with E-state index in [0.29, 0.717) is 52.4 Å². The average Bonchev–Trinajstić information content (AvgIpc) is 2.87. The second kappa shape index (κ2) is 12.8. The van der Waals surface area contributed by atoms with Crippen LogP contribution in [0.3, 0.4) is 0 Å². The van der Waals surface area contributed by atoms with Gasteiger partial charge in [0, 0.05) is 72.3 Å². The number of anilines is 1. The van der Waals surface area contributed by atoms with E-state index in [1.54, 1.807) is 24.0 Å². The first-order valence-electron chi connectivity index (χ1n) is 11.9. The molecule has 2 aliphatic heterocycles. The van der Waals surface area contributed by atoms with Crippen LogP contribution in [0.15, 0.2) is 24.3 Å². The number of methoxy groups -OCH3 is 2. The van der Waals surface area contributed by atoms with E-state index in [-0.39, 0.29) is 6.42 Å². The number of hydroxylamine groups is 1. The summed E-state index contributed by atoms with van der Waals surface area (Å²) < 4.78 is 38.7. The van der Waals surface area contributed by atoms with E-state index >= 15 is 0 Å². The van der Waals surface area contributed by atoms with Crippen LogP contribution in [-0.2, 0) is 30.7 Å². The number of piperidine rings is 1. The standard InChI is InChI=1S/C23H38N4O6S/c1-32-14-3-4-19-5-7-21(8-6-19)26-9-11-27(12-10-26)34(30,31)22-16-20(23(28)24-29)17-25(18-22)13-15-33-2/h5-8,20,22,29H,3-4,9-18H2,1-2H3,(H,24,28). The van der Waals surface area contributed by atoms with Crippen molar-refractivity contribution in [2.24, 2.45) is 5.92 Å². The molecule has 34 heavy (non-hydrogen) atoms. The minimum atomic E-state index is -3.59. The molecule has 2 atom stereocenters. The number of piperazine rings is 1. The van der Waals surface area contributed by atoms with Gasteiger partial charge in [-0.1, -0.05) is 12.1 Å². The fourth-order valence-corrected chi connectivity index (χ4v) is 6.71. The Morgan fingerprint density at radius 3 is 2.35 bits per heavy atom. The monoisotopic (exact) mass is 498 g/mol. The third-order valence-electron chi connectivity index (χ3n) is 6.72. The molecule has 10 nitrogen and oxygen atoms in total. The van der Waals surface area contributed by atoms with E-state index in [0.717, 1.165) is 25.1 Å². The van der Waals surface area contributed by atoms with E-state index in [1.165, 1.54) is 5.56 Å². The summed E-state index contributed by atoms with van der Waals surface area (Å²) in [5, 5.41) is 8.39. The Morgan fingerprint density at radius 2 is 1.74 bits per heavy atom. The fraction of sp³-hybridized carbons (Fsp3) is 0.696. The first kappa shape index (κ1) is 26.8. The number of rotatable bonds is 11. The van der Waals surface area contributed by atoms with Crippen molar-refractivity contribution >= 4 is 21.6 Å².